The van der Waals surface area contributed by atoms with E-state index >= 15 is 0 Å². The molecule has 2 atom stereocenters. The Hall–Kier alpha value is -2.76. The molecule has 1 aromatic carbocycles. The van der Waals surface area contributed by atoms with Gasteiger partial charge in [-0.1, -0.05) is 0 Å². The van der Waals surface area contributed by atoms with Gasteiger partial charge in [0.1, 0.15) is 11.5 Å². The lowest BCUT2D eigenvalue weighted by Gasteiger charge is -2.13. The van der Waals surface area contributed by atoms with Crippen molar-refractivity contribution >= 4 is 11.9 Å². The normalized spacial score (nSPS) is 20.2. The largest absolute Gasteiger partial charge is 0.497 e. The minimum absolute atomic E-state index is 0.374. The Morgan fingerprint density at radius 1 is 1.18 bits per heavy atom. The highest BCUT2D eigenvalue weighted by Crippen LogP contribution is 2.32. The summed E-state index contributed by atoms with van der Waals surface area (Å²) in [6.07, 6.45) is 0.901. The quantitative estimate of drug-likeness (QED) is 0.811. The number of hydrogen-bond donors (Lipinski definition) is 0. The van der Waals surface area contributed by atoms with Crippen LogP contribution in [0.4, 0.5) is 0 Å². The van der Waals surface area contributed by atoms with Crippen molar-refractivity contribution in [2.75, 3.05) is 14.2 Å². The molecule has 2 heterocycles. The van der Waals surface area contributed by atoms with E-state index in [9.17, 15) is 4.79 Å². The Balaban J connectivity index is 1.90. The first-order valence-corrected chi connectivity index (χ1v) is 6.73. The minimum Gasteiger partial charge on any atom is -0.497 e. The van der Waals surface area contributed by atoms with Crippen molar-refractivity contribution in [1.82, 2.24) is 0 Å². The molecule has 1 aromatic heterocycles. The smallest absolute Gasteiger partial charge is 0.335 e. The molecule has 0 radical (unpaired) electrons. The molecule has 1 aliphatic heterocycles. The van der Waals surface area contributed by atoms with E-state index in [1.807, 2.05) is 12.1 Å². The Kier molecular flexibility index (Phi) is 3.82. The summed E-state index contributed by atoms with van der Waals surface area (Å²) >= 11 is 0. The molecule has 0 saturated carbocycles. The number of rotatable bonds is 4. The Morgan fingerprint density at radius 2 is 1.95 bits per heavy atom. The molecule has 0 saturated heterocycles. The van der Waals surface area contributed by atoms with E-state index in [0.717, 1.165) is 11.3 Å². The summed E-state index contributed by atoms with van der Waals surface area (Å²) in [5, 5.41) is 0. The topological polar surface area (TPSA) is 70.3 Å². The first-order chi connectivity index (χ1) is 10.7. The highest BCUT2D eigenvalue weighted by molar-refractivity contribution is 5.98. The standard InChI is InChI=1S/C16H15NO5/c1-19-11-7-5-10(6-8-11)15-17-13(16(18)20-2)14(22-15)12-4-3-9-21-12/h3-9,13-14H,1-2H3/t13-,14-/m1/s1. The van der Waals surface area contributed by atoms with Crippen LogP contribution < -0.4 is 4.74 Å². The van der Waals surface area contributed by atoms with Crippen LogP contribution in [0.1, 0.15) is 17.4 Å². The lowest BCUT2D eigenvalue weighted by atomic mass is 10.1. The summed E-state index contributed by atoms with van der Waals surface area (Å²) < 4.78 is 21.1. The second-order valence-corrected chi connectivity index (χ2v) is 4.68. The summed E-state index contributed by atoms with van der Waals surface area (Å²) in [6, 6.07) is 9.93. The van der Waals surface area contributed by atoms with E-state index in [2.05, 4.69) is 4.99 Å². The Bertz CT molecular complexity index is 675. The molecule has 0 spiro atoms. The van der Waals surface area contributed by atoms with Crippen LogP contribution in [-0.4, -0.2) is 32.1 Å². The van der Waals surface area contributed by atoms with E-state index in [1.165, 1.54) is 13.4 Å². The van der Waals surface area contributed by atoms with Crippen LogP contribution in [0.15, 0.2) is 52.1 Å². The molecule has 0 unspecified atom stereocenters. The molecule has 0 amide bonds. The molecular formula is C16H15NO5. The third-order valence-corrected chi connectivity index (χ3v) is 3.38. The van der Waals surface area contributed by atoms with E-state index in [1.54, 1.807) is 31.4 Å². The van der Waals surface area contributed by atoms with Gasteiger partial charge in [-0.2, -0.15) is 0 Å². The van der Waals surface area contributed by atoms with Gasteiger partial charge in [-0.3, -0.25) is 0 Å². The van der Waals surface area contributed by atoms with Gasteiger partial charge < -0.3 is 18.6 Å². The molecule has 2 aromatic rings. The predicted octanol–water partition coefficient (Wildman–Crippen LogP) is 2.35. The van der Waals surface area contributed by atoms with E-state index in [-0.39, 0.29) is 0 Å². The maximum Gasteiger partial charge on any atom is 0.335 e. The SMILES string of the molecule is COC(=O)[C@@H]1N=C(c2ccc(OC)cc2)O[C@@H]1c1ccco1. The number of hydrogen-bond acceptors (Lipinski definition) is 6. The Morgan fingerprint density at radius 3 is 2.55 bits per heavy atom. The lowest BCUT2D eigenvalue weighted by molar-refractivity contribution is -0.144. The number of ether oxygens (including phenoxy) is 3. The van der Waals surface area contributed by atoms with E-state index in [4.69, 9.17) is 18.6 Å². The molecule has 0 bridgehead atoms. The first-order valence-electron chi connectivity index (χ1n) is 6.73. The van der Waals surface area contributed by atoms with Crippen molar-refractivity contribution in [2.45, 2.75) is 12.1 Å². The third-order valence-electron chi connectivity index (χ3n) is 3.38. The van der Waals surface area contributed by atoms with Gasteiger partial charge in [-0.25, -0.2) is 9.79 Å². The van der Waals surface area contributed by atoms with Crippen LogP contribution in [0.3, 0.4) is 0 Å². The molecule has 1 aliphatic rings. The summed E-state index contributed by atoms with van der Waals surface area (Å²) in [6.45, 7) is 0. The number of carbonyl (C=O) groups is 1. The molecule has 0 fully saturated rings. The zero-order valence-corrected chi connectivity index (χ0v) is 12.2. The zero-order valence-electron chi connectivity index (χ0n) is 12.2. The van der Waals surface area contributed by atoms with Gasteiger partial charge in [0.2, 0.25) is 5.90 Å². The summed E-state index contributed by atoms with van der Waals surface area (Å²) in [5.41, 5.74) is 0.753. The zero-order chi connectivity index (χ0) is 15.5. The number of methoxy groups -OCH3 is 2. The van der Waals surface area contributed by atoms with Crippen LogP contribution in [-0.2, 0) is 14.3 Å². The highest BCUT2D eigenvalue weighted by Gasteiger charge is 2.40. The molecular weight excluding hydrogens is 286 g/mol. The fourth-order valence-corrected chi connectivity index (χ4v) is 2.25. The van der Waals surface area contributed by atoms with Crippen molar-refractivity contribution in [3.8, 4) is 5.75 Å². The van der Waals surface area contributed by atoms with Crippen molar-refractivity contribution in [2.24, 2.45) is 4.99 Å². The van der Waals surface area contributed by atoms with Crippen LogP contribution in [0.5, 0.6) is 5.75 Å². The van der Waals surface area contributed by atoms with E-state index in [0.29, 0.717) is 11.7 Å². The van der Waals surface area contributed by atoms with Crippen molar-refractivity contribution < 1.29 is 23.4 Å². The summed E-state index contributed by atoms with van der Waals surface area (Å²) in [5.74, 6) is 1.17. The molecule has 3 rings (SSSR count). The minimum atomic E-state index is -0.784. The summed E-state index contributed by atoms with van der Waals surface area (Å²) in [7, 11) is 2.92. The second-order valence-electron chi connectivity index (χ2n) is 4.68. The van der Waals surface area contributed by atoms with Gasteiger partial charge in [0, 0.05) is 5.56 Å². The van der Waals surface area contributed by atoms with Crippen LogP contribution in [0.25, 0.3) is 0 Å². The average Bonchev–Trinajstić information content (AvgIpc) is 3.23. The van der Waals surface area contributed by atoms with Gasteiger partial charge in [0.25, 0.3) is 0 Å². The number of esters is 1. The third kappa shape index (κ3) is 2.55. The molecule has 6 nitrogen and oxygen atoms in total. The summed E-state index contributed by atoms with van der Waals surface area (Å²) in [4.78, 5) is 16.3. The van der Waals surface area contributed by atoms with Gasteiger partial charge in [0.05, 0.1) is 20.5 Å². The van der Waals surface area contributed by atoms with Gasteiger partial charge in [-0.05, 0) is 36.4 Å². The molecule has 0 N–H and O–H groups in total. The van der Waals surface area contributed by atoms with Gasteiger partial charge in [0.15, 0.2) is 12.1 Å². The number of benzene rings is 1. The average molecular weight is 301 g/mol. The molecule has 0 aliphatic carbocycles. The van der Waals surface area contributed by atoms with E-state index < -0.39 is 18.1 Å². The van der Waals surface area contributed by atoms with Crippen LogP contribution in [0, 0.1) is 0 Å². The molecule has 6 heteroatoms. The molecule has 22 heavy (non-hydrogen) atoms. The highest BCUT2D eigenvalue weighted by atomic mass is 16.5. The number of aliphatic imine (C=N–C) groups is 1. The van der Waals surface area contributed by atoms with Gasteiger partial charge >= 0.3 is 5.97 Å². The van der Waals surface area contributed by atoms with Crippen molar-refractivity contribution in [3.05, 3.63) is 54.0 Å². The fourth-order valence-electron chi connectivity index (χ4n) is 2.25. The molecule has 114 valence electrons. The number of nitrogens with zero attached hydrogens (tertiary/aromatic N) is 1. The van der Waals surface area contributed by atoms with Crippen LogP contribution >= 0.6 is 0 Å². The first kappa shape index (κ1) is 14.2. The predicted molar refractivity (Wildman–Crippen MR) is 77.9 cm³/mol. The van der Waals surface area contributed by atoms with Gasteiger partial charge in [-0.15, -0.1) is 0 Å². The maximum atomic E-state index is 11.9. The monoisotopic (exact) mass is 301 g/mol. The second kappa shape index (κ2) is 5.93. The Labute approximate surface area is 127 Å². The van der Waals surface area contributed by atoms with Crippen molar-refractivity contribution in [3.63, 3.8) is 0 Å². The number of carbonyl (C=O) groups excluding carboxylic acids is 1. The lowest BCUT2D eigenvalue weighted by Crippen LogP contribution is -2.24. The van der Waals surface area contributed by atoms with Crippen molar-refractivity contribution in [1.29, 1.82) is 0 Å². The fraction of sp³-hybridized carbons (Fsp3) is 0.250. The maximum absolute atomic E-state index is 11.9. The van der Waals surface area contributed by atoms with Crippen LogP contribution in [0.2, 0.25) is 0 Å². The number of furan rings is 1.